The van der Waals surface area contributed by atoms with Gasteiger partial charge in [-0.1, -0.05) is 0 Å². The van der Waals surface area contributed by atoms with Gasteiger partial charge in [-0.2, -0.15) is 0 Å². The minimum Gasteiger partial charge on any atom is -0.454 e. The number of nitrogens with one attached hydrogen (secondary N) is 1. The Morgan fingerprint density at radius 1 is 1.29 bits per heavy atom. The predicted octanol–water partition coefficient (Wildman–Crippen LogP) is 2.14. The molecule has 7 heteroatoms. The van der Waals surface area contributed by atoms with Crippen LogP contribution in [0.1, 0.15) is 36.5 Å². The van der Waals surface area contributed by atoms with E-state index in [0.29, 0.717) is 36.0 Å². The first kappa shape index (κ1) is 16.7. The summed E-state index contributed by atoms with van der Waals surface area (Å²) >= 11 is 0. The third kappa shape index (κ3) is 4.04. The number of carbonyl (C=O) groups is 2. The lowest BCUT2D eigenvalue weighted by atomic mass is 10.1. The van der Waals surface area contributed by atoms with E-state index in [9.17, 15) is 9.59 Å². The molecule has 1 unspecified atom stereocenters. The highest BCUT2D eigenvalue weighted by Crippen LogP contribution is 2.37. The van der Waals surface area contributed by atoms with E-state index in [-0.39, 0.29) is 31.0 Å². The fraction of sp³-hybridized carbons (Fsp3) is 0.529. The summed E-state index contributed by atoms with van der Waals surface area (Å²) in [6.07, 6.45) is 2.42. The van der Waals surface area contributed by atoms with Gasteiger partial charge in [-0.3, -0.25) is 9.59 Å². The van der Waals surface area contributed by atoms with Crippen LogP contribution in [0.5, 0.6) is 11.5 Å². The molecule has 1 aromatic carbocycles. The molecule has 3 rings (SSSR count). The Hall–Kier alpha value is -2.12. The van der Waals surface area contributed by atoms with Crippen LogP contribution < -0.4 is 14.8 Å². The zero-order chi connectivity index (χ0) is 16.9. The third-order valence-corrected chi connectivity index (χ3v) is 3.97. The second kappa shape index (κ2) is 7.63. The highest BCUT2D eigenvalue weighted by Gasteiger charge is 2.20. The van der Waals surface area contributed by atoms with Crippen LogP contribution in [0.4, 0.5) is 5.69 Å². The van der Waals surface area contributed by atoms with E-state index >= 15 is 0 Å². The number of Topliss-reactive ketones (excluding diaryl/α,β-unsaturated/α-hetero) is 1. The van der Waals surface area contributed by atoms with Gasteiger partial charge in [-0.05, 0) is 25.8 Å². The molecule has 1 aromatic rings. The molecule has 1 amide bonds. The van der Waals surface area contributed by atoms with Crippen LogP contribution in [0.25, 0.3) is 0 Å². The van der Waals surface area contributed by atoms with E-state index in [1.165, 1.54) is 6.92 Å². The minimum absolute atomic E-state index is 0.112. The maximum absolute atomic E-state index is 12.1. The summed E-state index contributed by atoms with van der Waals surface area (Å²) in [4.78, 5) is 23.8. The van der Waals surface area contributed by atoms with Gasteiger partial charge in [-0.15, -0.1) is 0 Å². The number of amides is 1. The van der Waals surface area contributed by atoms with Gasteiger partial charge < -0.3 is 24.3 Å². The molecular formula is C17H21NO6. The van der Waals surface area contributed by atoms with Crippen LogP contribution in [0.3, 0.4) is 0 Å². The number of ketones is 1. The molecule has 0 bridgehead atoms. The molecule has 7 nitrogen and oxygen atoms in total. The summed E-state index contributed by atoms with van der Waals surface area (Å²) in [5.74, 6) is 0.657. The van der Waals surface area contributed by atoms with Crippen molar-refractivity contribution >= 4 is 17.4 Å². The monoisotopic (exact) mass is 335 g/mol. The molecule has 1 N–H and O–H groups in total. The first-order valence-electron chi connectivity index (χ1n) is 8.07. The van der Waals surface area contributed by atoms with Gasteiger partial charge in [0.1, 0.15) is 0 Å². The molecule has 130 valence electrons. The Kier molecular flexibility index (Phi) is 5.32. The molecule has 0 spiro atoms. The van der Waals surface area contributed by atoms with E-state index in [4.69, 9.17) is 18.9 Å². The topological polar surface area (TPSA) is 83.1 Å². The van der Waals surface area contributed by atoms with Crippen LogP contribution in [0.15, 0.2) is 12.1 Å². The fourth-order valence-corrected chi connectivity index (χ4v) is 2.70. The predicted molar refractivity (Wildman–Crippen MR) is 85.6 cm³/mol. The zero-order valence-electron chi connectivity index (χ0n) is 13.6. The summed E-state index contributed by atoms with van der Waals surface area (Å²) in [6.45, 7) is 3.16. The molecule has 1 fully saturated rings. The molecule has 0 saturated carbocycles. The van der Waals surface area contributed by atoms with Gasteiger partial charge in [0.05, 0.1) is 31.4 Å². The first-order valence-corrected chi connectivity index (χ1v) is 8.07. The smallest absolute Gasteiger partial charge is 0.231 e. The van der Waals surface area contributed by atoms with Crippen molar-refractivity contribution < 1.29 is 28.5 Å². The molecule has 2 heterocycles. The number of hydrogen-bond donors (Lipinski definition) is 1. The van der Waals surface area contributed by atoms with Crippen molar-refractivity contribution in [3.05, 3.63) is 17.7 Å². The Morgan fingerprint density at radius 3 is 2.79 bits per heavy atom. The van der Waals surface area contributed by atoms with Crippen molar-refractivity contribution in [3.63, 3.8) is 0 Å². The quantitative estimate of drug-likeness (QED) is 0.607. The molecular weight excluding hydrogens is 314 g/mol. The molecule has 24 heavy (non-hydrogen) atoms. The molecule has 1 saturated heterocycles. The van der Waals surface area contributed by atoms with Gasteiger partial charge in [0.15, 0.2) is 17.3 Å². The van der Waals surface area contributed by atoms with Crippen molar-refractivity contribution in [1.82, 2.24) is 0 Å². The Bertz CT molecular complexity index is 624. The standard InChI is InChI=1S/C17H21NO6/c1-11(19)13-7-15-16(24-10-23-15)8-14(13)18-17(20)4-6-21-9-12-3-2-5-22-12/h7-8,12H,2-6,9-10H2,1H3,(H,18,20). The number of anilines is 1. The maximum Gasteiger partial charge on any atom is 0.231 e. The minimum atomic E-state index is -0.219. The molecule has 0 radical (unpaired) electrons. The molecule has 2 aliphatic heterocycles. The second-order valence-corrected chi connectivity index (χ2v) is 5.82. The normalized spacial score (nSPS) is 18.6. The number of fused-ring (bicyclic) bond motifs is 1. The molecule has 1 atom stereocenters. The summed E-state index contributed by atoms with van der Waals surface area (Å²) in [6, 6.07) is 3.21. The van der Waals surface area contributed by atoms with Gasteiger partial charge in [0.25, 0.3) is 0 Å². The number of ether oxygens (including phenoxy) is 4. The van der Waals surface area contributed by atoms with Gasteiger partial charge in [-0.25, -0.2) is 0 Å². The van der Waals surface area contributed by atoms with Crippen molar-refractivity contribution in [1.29, 1.82) is 0 Å². The van der Waals surface area contributed by atoms with E-state index < -0.39 is 0 Å². The lowest BCUT2D eigenvalue weighted by molar-refractivity contribution is -0.117. The maximum atomic E-state index is 12.1. The van der Waals surface area contributed by atoms with Crippen LogP contribution >= 0.6 is 0 Å². The number of hydrogen-bond acceptors (Lipinski definition) is 6. The lowest BCUT2D eigenvalue weighted by Crippen LogP contribution is -2.19. The summed E-state index contributed by atoms with van der Waals surface area (Å²) < 4.78 is 21.5. The zero-order valence-corrected chi connectivity index (χ0v) is 13.6. The first-order chi connectivity index (χ1) is 11.6. The van der Waals surface area contributed by atoms with Crippen molar-refractivity contribution in [2.75, 3.05) is 31.9 Å². The Balaban J connectivity index is 1.52. The highest BCUT2D eigenvalue weighted by atomic mass is 16.7. The molecule has 0 aliphatic carbocycles. The van der Waals surface area contributed by atoms with E-state index in [2.05, 4.69) is 5.32 Å². The third-order valence-electron chi connectivity index (χ3n) is 3.97. The SMILES string of the molecule is CC(=O)c1cc2c(cc1NC(=O)CCOCC1CCCO1)OCO2. The molecule has 0 aromatic heterocycles. The lowest BCUT2D eigenvalue weighted by Gasteiger charge is -2.12. The Morgan fingerprint density at radius 2 is 2.08 bits per heavy atom. The average Bonchev–Trinajstić information content (AvgIpc) is 3.21. The summed E-state index contributed by atoms with van der Waals surface area (Å²) in [5.41, 5.74) is 0.823. The van der Waals surface area contributed by atoms with Crippen molar-refractivity contribution in [2.45, 2.75) is 32.3 Å². The number of carbonyl (C=O) groups excluding carboxylic acids is 2. The largest absolute Gasteiger partial charge is 0.454 e. The Labute approximate surface area is 140 Å². The van der Waals surface area contributed by atoms with Crippen LogP contribution in [-0.4, -0.2) is 44.4 Å². The van der Waals surface area contributed by atoms with E-state index in [1.807, 2.05) is 0 Å². The second-order valence-electron chi connectivity index (χ2n) is 5.82. The summed E-state index contributed by atoms with van der Waals surface area (Å²) in [7, 11) is 0. The van der Waals surface area contributed by atoms with Crippen molar-refractivity contribution in [2.24, 2.45) is 0 Å². The van der Waals surface area contributed by atoms with E-state index in [1.54, 1.807) is 12.1 Å². The van der Waals surface area contributed by atoms with Crippen LogP contribution in [0, 0.1) is 0 Å². The van der Waals surface area contributed by atoms with E-state index in [0.717, 1.165) is 19.4 Å². The number of rotatable bonds is 7. The van der Waals surface area contributed by atoms with Crippen LogP contribution in [-0.2, 0) is 14.3 Å². The van der Waals surface area contributed by atoms with Gasteiger partial charge in [0.2, 0.25) is 12.7 Å². The summed E-state index contributed by atoms with van der Waals surface area (Å²) in [5, 5.41) is 2.74. The molecule has 2 aliphatic rings. The van der Waals surface area contributed by atoms with Crippen molar-refractivity contribution in [3.8, 4) is 11.5 Å². The van der Waals surface area contributed by atoms with Gasteiger partial charge >= 0.3 is 0 Å². The average molecular weight is 335 g/mol. The van der Waals surface area contributed by atoms with Crippen LogP contribution in [0.2, 0.25) is 0 Å². The fourth-order valence-electron chi connectivity index (χ4n) is 2.70. The van der Waals surface area contributed by atoms with Gasteiger partial charge in [0, 0.05) is 18.2 Å². The highest BCUT2D eigenvalue weighted by molar-refractivity contribution is 6.04. The number of benzene rings is 1.